The zero-order valence-corrected chi connectivity index (χ0v) is 16.8. The Hall–Kier alpha value is -2.26. The van der Waals surface area contributed by atoms with Gasteiger partial charge in [-0.2, -0.15) is 4.98 Å². The number of carbonyl (C=O) groups excluding carboxylic acids is 1. The highest BCUT2D eigenvalue weighted by atomic mass is 32.2. The molecule has 0 bridgehead atoms. The van der Waals surface area contributed by atoms with Crippen molar-refractivity contribution in [2.24, 2.45) is 0 Å². The molecule has 152 valence electrons. The molecule has 8 nitrogen and oxygen atoms in total. The first-order valence-electron chi connectivity index (χ1n) is 9.63. The van der Waals surface area contributed by atoms with Crippen LogP contribution in [0.2, 0.25) is 0 Å². The number of carbonyl (C=O) groups is 1. The Morgan fingerprint density at radius 2 is 2.00 bits per heavy atom. The van der Waals surface area contributed by atoms with Gasteiger partial charge in [-0.05, 0) is 26.2 Å². The van der Waals surface area contributed by atoms with Crippen LogP contribution in [-0.4, -0.2) is 54.2 Å². The van der Waals surface area contributed by atoms with Crippen molar-refractivity contribution in [2.75, 3.05) is 25.4 Å². The normalized spacial score (nSPS) is 20.3. The molecule has 9 heteroatoms. The second kappa shape index (κ2) is 9.29. The van der Waals surface area contributed by atoms with Gasteiger partial charge in [0.15, 0.2) is 0 Å². The summed E-state index contributed by atoms with van der Waals surface area (Å²) in [6.07, 6.45) is 2.22. The van der Waals surface area contributed by atoms with E-state index < -0.39 is 10.0 Å². The summed E-state index contributed by atoms with van der Waals surface area (Å²) >= 11 is 0. The number of amides is 1. The first-order valence-corrected chi connectivity index (χ1v) is 11.2. The molecule has 1 aromatic heterocycles. The zero-order valence-electron chi connectivity index (χ0n) is 16.0. The number of nitrogens with zero attached hydrogens (tertiary/aromatic N) is 3. The first kappa shape index (κ1) is 20.5. The third-order valence-corrected chi connectivity index (χ3v) is 6.83. The standard InChI is InChI=1S/C19H26N4O4S/c1-2-28(25,26)23-13-6-9-16(10-12-20-17(24)11-14-23)19-21-18(22-27-19)15-7-4-3-5-8-15/h3-5,7-8,16H,2,6,9-14H2,1H3,(H,20,24). The third-order valence-electron chi connectivity index (χ3n) is 4.94. The Morgan fingerprint density at radius 1 is 1.21 bits per heavy atom. The molecule has 2 heterocycles. The number of aromatic nitrogens is 2. The van der Waals surface area contributed by atoms with Crippen LogP contribution in [0.5, 0.6) is 0 Å². The molecule has 1 N–H and O–H groups in total. The Labute approximate surface area is 165 Å². The molecule has 2 aromatic rings. The highest BCUT2D eigenvalue weighted by Crippen LogP contribution is 2.26. The molecule has 1 atom stereocenters. The molecular formula is C19H26N4O4S. The minimum atomic E-state index is -3.34. The molecule has 1 saturated heterocycles. The summed E-state index contributed by atoms with van der Waals surface area (Å²) < 4.78 is 31.5. The largest absolute Gasteiger partial charge is 0.356 e. The Bertz CT molecular complexity index is 882. The molecule has 0 spiro atoms. The fourth-order valence-electron chi connectivity index (χ4n) is 3.28. The summed E-state index contributed by atoms with van der Waals surface area (Å²) in [7, 11) is -3.34. The average Bonchev–Trinajstić information content (AvgIpc) is 3.18. The molecule has 1 aromatic carbocycles. The van der Waals surface area contributed by atoms with E-state index >= 15 is 0 Å². The van der Waals surface area contributed by atoms with Crippen LogP contribution in [0.25, 0.3) is 11.4 Å². The van der Waals surface area contributed by atoms with Gasteiger partial charge in [-0.25, -0.2) is 12.7 Å². The van der Waals surface area contributed by atoms with Crippen molar-refractivity contribution in [1.29, 1.82) is 0 Å². The second-order valence-corrected chi connectivity index (χ2v) is 9.11. The lowest BCUT2D eigenvalue weighted by atomic mass is 9.99. The Kier molecular flexibility index (Phi) is 6.79. The van der Waals surface area contributed by atoms with Crippen molar-refractivity contribution < 1.29 is 17.7 Å². The summed E-state index contributed by atoms with van der Waals surface area (Å²) in [5, 5.41) is 6.94. The van der Waals surface area contributed by atoms with Crippen molar-refractivity contribution in [3.05, 3.63) is 36.2 Å². The van der Waals surface area contributed by atoms with Crippen LogP contribution in [-0.2, 0) is 14.8 Å². The van der Waals surface area contributed by atoms with E-state index in [0.717, 1.165) is 5.56 Å². The number of nitrogens with one attached hydrogen (secondary N) is 1. The third kappa shape index (κ3) is 5.17. The minimum absolute atomic E-state index is 0.0299. The summed E-state index contributed by atoms with van der Waals surface area (Å²) in [6, 6.07) is 9.58. The van der Waals surface area contributed by atoms with Gasteiger partial charge < -0.3 is 9.84 Å². The predicted octanol–water partition coefficient (Wildman–Crippen LogP) is 2.16. The fourth-order valence-corrected chi connectivity index (χ4v) is 4.43. The lowest BCUT2D eigenvalue weighted by Crippen LogP contribution is -2.36. The SMILES string of the molecule is CCS(=O)(=O)N1CCCC(c2nc(-c3ccccc3)no2)CCNC(=O)CC1. The van der Waals surface area contributed by atoms with Gasteiger partial charge in [0.2, 0.25) is 27.6 Å². The van der Waals surface area contributed by atoms with Crippen LogP contribution >= 0.6 is 0 Å². The van der Waals surface area contributed by atoms with Crippen LogP contribution in [0, 0.1) is 0 Å². The van der Waals surface area contributed by atoms with E-state index in [-0.39, 0.29) is 30.5 Å². The van der Waals surface area contributed by atoms with Crippen molar-refractivity contribution in [3.8, 4) is 11.4 Å². The maximum absolute atomic E-state index is 12.3. The zero-order chi connectivity index (χ0) is 20.0. The number of rotatable bonds is 4. The van der Waals surface area contributed by atoms with E-state index in [2.05, 4.69) is 15.5 Å². The van der Waals surface area contributed by atoms with Crippen LogP contribution < -0.4 is 5.32 Å². The highest BCUT2D eigenvalue weighted by Gasteiger charge is 2.24. The maximum Gasteiger partial charge on any atom is 0.230 e. The van der Waals surface area contributed by atoms with Crippen LogP contribution in [0.4, 0.5) is 0 Å². The van der Waals surface area contributed by atoms with Crippen molar-refractivity contribution in [2.45, 2.75) is 38.5 Å². The van der Waals surface area contributed by atoms with Gasteiger partial charge in [0, 0.05) is 37.5 Å². The van der Waals surface area contributed by atoms with Crippen molar-refractivity contribution >= 4 is 15.9 Å². The molecule has 0 saturated carbocycles. The van der Waals surface area contributed by atoms with Crippen LogP contribution in [0.15, 0.2) is 34.9 Å². The van der Waals surface area contributed by atoms with Gasteiger partial charge in [-0.1, -0.05) is 35.5 Å². The topological polar surface area (TPSA) is 105 Å². The second-order valence-electron chi connectivity index (χ2n) is 6.85. The molecule has 28 heavy (non-hydrogen) atoms. The van der Waals surface area contributed by atoms with Gasteiger partial charge in [0.05, 0.1) is 5.75 Å². The molecule has 3 rings (SSSR count). The molecular weight excluding hydrogens is 380 g/mol. The summed E-state index contributed by atoms with van der Waals surface area (Å²) in [5.41, 5.74) is 0.877. The smallest absolute Gasteiger partial charge is 0.230 e. The lowest BCUT2D eigenvalue weighted by Gasteiger charge is -2.21. The fraction of sp³-hybridized carbons (Fsp3) is 0.526. The molecule has 1 fully saturated rings. The number of sulfonamides is 1. The number of hydrogen-bond acceptors (Lipinski definition) is 6. The number of hydrogen-bond donors (Lipinski definition) is 1. The molecule has 0 radical (unpaired) electrons. The predicted molar refractivity (Wildman–Crippen MR) is 105 cm³/mol. The van der Waals surface area contributed by atoms with E-state index in [4.69, 9.17) is 4.52 Å². The number of benzene rings is 1. The first-order chi connectivity index (χ1) is 13.5. The van der Waals surface area contributed by atoms with Crippen molar-refractivity contribution in [3.63, 3.8) is 0 Å². The minimum Gasteiger partial charge on any atom is -0.356 e. The van der Waals surface area contributed by atoms with E-state index in [1.807, 2.05) is 30.3 Å². The molecule has 1 unspecified atom stereocenters. The van der Waals surface area contributed by atoms with Gasteiger partial charge >= 0.3 is 0 Å². The van der Waals surface area contributed by atoms with Crippen LogP contribution in [0.3, 0.4) is 0 Å². The molecule has 1 aliphatic heterocycles. The average molecular weight is 407 g/mol. The molecule has 1 amide bonds. The summed E-state index contributed by atoms with van der Waals surface area (Å²) in [6.45, 7) is 2.71. The monoisotopic (exact) mass is 406 g/mol. The Balaban J connectivity index is 1.74. The Morgan fingerprint density at radius 3 is 2.75 bits per heavy atom. The summed E-state index contributed by atoms with van der Waals surface area (Å²) in [4.78, 5) is 16.6. The maximum atomic E-state index is 12.3. The molecule has 1 aliphatic rings. The van der Waals surface area contributed by atoms with Crippen molar-refractivity contribution in [1.82, 2.24) is 19.8 Å². The van der Waals surface area contributed by atoms with Gasteiger partial charge in [0.25, 0.3) is 0 Å². The quantitative estimate of drug-likeness (QED) is 0.834. The summed E-state index contributed by atoms with van der Waals surface area (Å²) in [5.74, 6) is 0.908. The van der Waals surface area contributed by atoms with E-state index in [1.165, 1.54) is 4.31 Å². The van der Waals surface area contributed by atoms with Gasteiger partial charge in [0.1, 0.15) is 0 Å². The van der Waals surface area contributed by atoms with E-state index in [0.29, 0.717) is 44.1 Å². The molecule has 0 aliphatic carbocycles. The van der Waals surface area contributed by atoms with Gasteiger partial charge in [-0.15, -0.1) is 0 Å². The lowest BCUT2D eigenvalue weighted by molar-refractivity contribution is -0.121. The van der Waals surface area contributed by atoms with E-state index in [1.54, 1.807) is 6.92 Å². The highest BCUT2D eigenvalue weighted by molar-refractivity contribution is 7.89. The van der Waals surface area contributed by atoms with E-state index in [9.17, 15) is 13.2 Å². The van der Waals surface area contributed by atoms with Gasteiger partial charge in [-0.3, -0.25) is 4.79 Å². The van der Waals surface area contributed by atoms with Crippen LogP contribution in [0.1, 0.15) is 44.4 Å².